The number of hydrogen-bond donors (Lipinski definition) is 1. The van der Waals surface area contributed by atoms with E-state index in [4.69, 9.17) is 9.97 Å². The summed E-state index contributed by atoms with van der Waals surface area (Å²) in [5.41, 5.74) is 4.81. The van der Waals surface area contributed by atoms with E-state index in [-0.39, 0.29) is 17.7 Å². The molecule has 1 aliphatic heterocycles. The molecule has 4 rings (SSSR count). The standard InChI is InChI=1S/C21H20N4O2S/c1-14-6-8-15(9-7-14)12-18-20(24-17-5-3-2-4-16(17)23-18)28-13-19(26)25-11-10-22-21(25)27/h2-9H,10-13H2,1H3,(H,22,27). The smallest absolute Gasteiger partial charge is 0.324 e. The molecule has 3 aromatic rings. The number of rotatable bonds is 5. The quantitative estimate of drug-likeness (QED) is 0.675. The molecule has 1 aromatic heterocycles. The molecule has 0 radical (unpaired) electrons. The van der Waals surface area contributed by atoms with Gasteiger partial charge in [-0.2, -0.15) is 0 Å². The van der Waals surface area contributed by atoms with E-state index in [9.17, 15) is 9.59 Å². The molecule has 142 valence electrons. The van der Waals surface area contributed by atoms with Crippen molar-refractivity contribution in [2.75, 3.05) is 18.8 Å². The van der Waals surface area contributed by atoms with E-state index in [1.165, 1.54) is 22.2 Å². The van der Waals surface area contributed by atoms with Gasteiger partial charge in [0, 0.05) is 19.5 Å². The van der Waals surface area contributed by atoms with Crippen molar-refractivity contribution in [3.8, 4) is 0 Å². The van der Waals surface area contributed by atoms with E-state index < -0.39 is 0 Å². The molecule has 1 saturated heterocycles. The highest BCUT2D eigenvalue weighted by atomic mass is 32.2. The molecule has 2 aromatic carbocycles. The fourth-order valence-corrected chi connectivity index (χ4v) is 3.93. The summed E-state index contributed by atoms with van der Waals surface area (Å²) in [6.45, 7) is 2.97. The second kappa shape index (κ2) is 7.98. The zero-order valence-electron chi connectivity index (χ0n) is 15.5. The van der Waals surface area contributed by atoms with Crippen LogP contribution in [-0.2, 0) is 11.2 Å². The number of aromatic nitrogens is 2. The van der Waals surface area contributed by atoms with Crippen molar-refractivity contribution in [2.24, 2.45) is 0 Å². The lowest BCUT2D eigenvalue weighted by atomic mass is 10.1. The van der Waals surface area contributed by atoms with Crippen LogP contribution in [0.2, 0.25) is 0 Å². The highest BCUT2D eigenvalue weighted by molar-refractivity contribution is 7.99. The van der Waals surface area contributed by atoms with Crippen molar-refractivity contribution in [2.45, 2.75) is 18.4 Å². The molecule has 0 bridgehead atoms. The molecule has 1 aliphatic rings. The van der Waals surface area contributed by atoms with Gasteiger partial charge >= 0.3 is 6.03 Å². The van der Waals surface area contributed by atoms with E-state index in [1.807, 2.05) is 24.3 Å². The predicted molar refractivity (Wildman–Crippen MR) is 109 cm³/mol. The molecule has 0 atom stereocenters. The fourth-order valence-electron chi connectivity index (χ4n) is 3.07. The number of nitrogens with zero attached hydrogens (tertiary/aromatic N) is 3. The molecule has 2 heterocycles. The van der Waals surface area contributed by atoms with Crippen LogP contribution in [0.4, 0.5) is 4.79 Å². The third kappa shape index (κ3) is 3.99. The maximum absolute atomic E-state index is 12.4. The Morgan fingerprint density at radius 2 is 1.82 bits per heavy atom. The Labute approximate surface area is 167 Å². The second-order valence-corrected chi connectivity index (χ2v) is 7.66. The predicted octanol–water partition coefficient (Wildman–Crippen LogP) is 3.17. The monoisotopic (exact) mass is 392 g/mol. The van der Waals surface area contributed by atoms with E-state index >= 15 is 0 Å². The molecule has 1 fully saturated rings. The largest absolute Gasteiger partial charge is 0.336 e. The van der Waals surface area contributed by atoms with Gasteiger partial charge in [-0.15, -0.1) is 0 Å². The molecule has 0 saturated carbocycles. The summed E-state index contributed by atoms with van der Waals surface area (Å²) in [6, 6.07) is 15.7. The molecule has 0 aliphatic carbocycles. The minimum absolute atomic E-state index is 0.154. The number of carbonyl (C=O) groups is 2. The van der Waals surface area contributed by atoms with Crippen LogP contribution >= 0.6 is 11.8 Å². The maximum atomic E-state index is 12.4. The Morgan fingerprint density at radius 1 is 1.11 bits per heavy atom. The van der Waals surface area contributed by atoms with Gasteiger partial charge in [0.1, 0.15) is 5.03 Å². The van der Waals surface area contributed by atoms with Gasteiger partial charge in [-0.3, -0.25) is 9.69 Å². The highest BCUT2D eigenvalue weighted by Gasteiger charge is 2.26. The van der Waals surface area contributed by atoms with E-state index in [0.717, 1.165) is 27.3 Å². The first-order valence-corrected chi connectivity index (χ1v) is 10.1. The Balaban J connectivity index is 1.60. The van der Waals surface area contributed by atoms with Crippen molar-refractivity contribution < 1.29 is 9.59 Å². The van der Waals surface area contributed by atoms with Gasteiger partial charge in [0.25, 0.3) is 0 Å². The number of benzene rings is 2. The number of fused-ring (bicyclic) bond motifs is 1. The summed E-state index contributed by atoms with van der Waals surface area (Å²) < 4.78 is 0. The summed E-state index contributed by atoms with van der Waals surface area (Å²) in [5.74, 6) is -0.0577. The van der Waals surface area contributed by atoms with Crippen LogP contribution in [0.25, 0.3) is 11.0 Å². The minimum Gasteiger partial charge on any atom is -0.336 e. The summed E-state index contributed by atoms with van der Waals surface area (Å²) in [5, 5.41) is 3.38. The topological polar surface area (TPSA) is 75.2 Å². The number of para-hydroxylation sites is 2. The average molecular weight is 392 g/mol. The SMILES string of the molecule is Cc1ccc(Cc2nc3ccccc3nc2SCC(=O)N2CCNC2=O)cc1. The van der Waals surface area contributed by atoms with Crippen LogP contribution in [0.1, 0.15) is 16.8 Å². The first-order chi connectivity index (χ1) is 13.6. The van der Waals surface area contributed by atoms with Gasteiger partial charge in [0.15, 0.2) is 0 Å². The normalized spacial score (nSPS) is 13.8. The summed E-state index contributed by atoms with van der Waals surface area (Å²) in [6.07, 6.45) is 0.638. The van der Waals surface area contributed by atoms with Crippen LogP contribution in [-0.4, -0.2) is 45.6 Å². The van der Waals surface area contributed by atoms with Crippen LogP contribution in [0, 0.1) is 6.92 Å². The van der Waals surface area contributed by atoms with Gasteiger partial charge in [-0.25, -0.2) is 14.8 Å². The van der Waals surface area contributed by atoms with Crippen LogP contribution in [0.3, 0.4) is 0 Å². The third-order valence-corrected chi connectivity index (χ3v) is 5.58. The van der Waals surface area contributed by atoms with Crippen molar-refractivity contribution in [3.63, 3.8) is 0 Å². The number of urea groups is 1. The molecule has 28 heavy (non-hydrogen) atoms. The molecule has 0 spiro atoms. The summed E-state index contributed by atoms with van der Waals surface area (Å²) >= 11 is 1.34. The average Bonchev–Trinajstić information content (AvgIpc) is 3.14. The maximum Gasteiger partial charge on any atom is 0.324 e. The van der Waals surface area contributed by atoms with Crippen molar-refractivity contribution in [1.82, 2.24) is 20.2 Å². The Hall–Kier alpha value is -2.93. The van der Waals surface area contributed by atoms with E-state index in [1.54, 1.807) is 0 Å². The zero-order chi connectivity index (χ0) is 19.5. The lowest BCUT2D eigenvalue weighted by Gasteiger charge is -2.13. The first-order valence-electron chi connectivity index (χ1n) is 9.12. The molecule has 6 nitrogen and oxygen atoms in total. The Bertz CT molecular complexity index is 1040. The van der Waals surface area contributed by atoms with Gasteiger partial charge in [-0.05, 0) is 24.6 Å². The fraction of sp³-hybridized carbons (Fsp3) is 0.238. The first kappa shape index (κ1) is 18.4. The van der Waals surface area contributed by atoms with E-state index in [0.29, 0.717) is 19.5 Å². The number of amides is 3. The van der Waals surface area contributed by atoms with Crippen LogP contribution < -0.4 is 5.32 Å². The molecular weight excluding hydrogens is 372 g/mol. The van der Waals surface area contributed by atoms with E-state index in [2.05, 4.69) is 36.5 Å². The molecule has 7 heteroatoms. The van der Waals surface area contributed by atoms with Crippen molar-refractivity contribution in [1.29, 1.82) is 0 Å². The van der Waals surface area contributed by atoms with Gasteiger partial charge in [-0.1, -0.05) is 53.7 Å². The Morgan fingerprint density at radius 3 is 2.50 bits per heavy atom. The molecule has 3 amide bonds. The zero-order valence-corrected chi connectivity index (χ0v) is 16.3. The number of nitrogens with one attached hydrogen (secondary N) is 1. The number of hydrogen-bond acceptors (Lipinski definition) is 5. The highest BCUT2D eigenvalue weighted by Crippen LogP contribution is 2.25. The molecule has 0 unspecified atom stereocenters. The Kier molecular flexibility index (Phi) is 5.25. The number of thioether (sulfide) groups is 1. The van der Waals surface area contributed by atoms with Crippen LogP contribution in [0.5, 0.6) is 0 Å². The summed E-state index contributed by atoms with van der Waals surface area (Å²) in [4.78, 5) is 34.9. The van der Waals surface area contributed by atoms with Gasteiger partial charge in [0.2, 0.25) is 5.91 Å². The number of carbonyl (C=O) groups excluding carboxylic acids is 2. The number of aryl methyl sites for hydroxylation is 1. The number of imide groups is 1. The van der Waals surface area contributed by atoms with Crippen molar-refractivity contribution >= 4 is 34.7 Å². The molecular formula is C21H20N4O2S. The lowest BCUT2D eigenvalue weighted by molar-refractivity contribution is -0.124. The van der Waals surface area contributed by atoms with Crippen molar-refractivity contribution in [3.05, 3.63) is 65.4 Å². The second-order valence-electron chi connectivity index (χ2n) is 6.69. The molecule has 1 N–H and O–H groups in total. The van der Waals surface area contributed by atoms with Gasteiger partial charge < -0.3 is 5.32 Å². The summed E-state index contributed by atoms with van der Waals surface area (Å²) in [7, 11) is 0. The lowest BCUT2D eigenvalue weighted by Crippen LogP contribution is -2.35. The van der Waals surface area contributed by atoms with Gasteiger partial charge in [0.05, 0.1) is 22.5 Å². The minimum atomic E-state index is -0.324. The third-order valence-electron chi connectivity index (χ3n) is 4.59. The van der Waals surface area contributed by atoms with Crippen LogP contribution in [0.15, 0.2) is 53.6 Å².